The van der Waals surface area contributed by atoms with E-state index in [2.05, 4.69) is 6.07 Å². The number of hydrogen-bond acceptors (Lipinski definition) is 4. The highest BCUT2D eigenvalue weighted by Crippen LogP contribution is 2.49. The summed E-state index contributed by atoms with van der Waals surface area (Å²) >= 11 is 1.53. The zero-order chi connectivity index (χ0) is 18.3. The lowest BCUT2D eigenvalue weighted by molar-refractivity contribution is -0.157. The number of likely N-dealkylation sites (N-methyl/N-ethyl adjacent to an activating group) is 1. The summed E-state index contributed by atoms with van der Waals surface area (Å²) in [5, 5.41) is 3.81. The summed E-state index contributed by atoms with van der Waals surface area (Å²) in [5.41, 5.74) is 2.34. The lowest BCUT2D eigenvalue weighted by Crippen LogP contribution is -2.45. The number of piperidine rings is 1. The van der Waals surface area contributed by atoms with Crippen molar-refractivity contribution in [1.82, 2.24) is 9.80 Å². The summed E-state index contributed by atoms with van der Waals surface area (Å²) in [4.78, 5) is 28.7. The molecule has 2 amide bonds. The van der Waals surface area contributed by atoms with Crippen LogP contribution < -0.4 is 0 Å². The van der Waals surface area contributed by atoms with Gasteiger partial charge >= 0.3 is 0 Å². The van der Waals surface area contributed by atoms with Gasteiger partial charge in [-0.25, -0.2) is 0 Å². The average Bonchev–Trinajstić information content (AvgIpc) is 3.29. The highest BCUT2D eigenvalue weighted by Gasteiger charge is 2.49. The number of nitrogens with zero attached hydrogens (tertiary/aromatic N) is 2. The van der Waals surface area contributed by atoms with Crippen LogP contribution in [-0.4, -0.2) is 48.8 Å². The Morgan fingerprint density at radius 3 is 2.58 bits per heavy atom. The second kappa shape index (κ2) is 6.52. The predicted octanol–water partition coefficient (Wildman–Crippen LogP) is 3.04. The number of thiophene rings is 1. The Bertz CT molecular complexity index is 823. The van der Waals surface area contributed by atoms with Gasteiger partial charge in [-0.05, 0) is 35.4 Å². The van der Waals surface area contributed by atoms with E-state index in [-0.39, 0.29) is 11.8 Å². The molecule has 1 aromatic carbocycles. The molecule has 4 rings (SSSR count). The van der Waals surface area contributed by atoms with Crippen molar-refractivity contribution < 1.29 is 14.3 Å². The van der Waals surface area contributed by atoms with Crippen LogP contribution in [0.3, 0.4) is 0 Å². The Balaban J connectivity index is 1.57. The molecule has 1 spiro atoms. The van der Waals surface area contributed by atoms with Crippen LogP contribution in [0.2, 0.25) is 0 Å². The Morgan fingerprint density at radius 1 is 1.19 bits per heavy atom. The molecule has 1 aromatic heterocycles. The number of carbonyl (C=O) groups excluding carboxylic acids is 2. The van der Waals surface area contributed by atoms with Crippen LogP contribution in [0.4, 0.5) is 0 Å². The van der Waals surface area contributed by atoms with Crippen molar-refractivity contribution in [3.8, 4) is 0 Å². The summed E-state index contributed by atoms with van der Waals surface area (Å²) < 4.78 is 6.38. The molecule has 0 aliphatic carbocycles. The summed E-state index contributed by atoms with van der Waals surface area (Å²) in [5.74, 6) is 0.0411. The van der Waals surface area contributed by atoms with Crippen LogP contribution in [-0.2, 0) is 15.1 Å². The molecule has 1 atom stereocenters. The Hall–Kier alpha value is -2.18. The van der Waals surface area contributed by atoms with Crippen LogP contribution in [0.15, 0.2) is 41.1 Å². The monoisotopic (exact) mass is 370 g/mol. The van der Waals surface area contributed by atoms with Gasteiger partial charge in [-0.3, -0.25) is 9.59 Å². The number of ether oxygens (including phenoxy) is 1. The van der Waals surface area contributed by atoms with E-state index < -0.39 is 11.7 Å². The molecule has 2 aromatic rings. The fourth-order valence-corrected chi connectivity index (χ4v) is 4.57. The third-order valence-electron chi connectivity index (χ3n) is 5.37. The SMILES string of the molecule is CN(C)C(=O)[C@H]1OC2(CCN(C(=O)c3ccsc3)CC2)c2ccccc21. The molecule has 5 nitrogen and oxygen atoms in total. The Labute approximate surface area is 157 Å². The standard InChI is InChI=1S/C20H22N2O3S/c1-21(2)19(24)17-15-5-3-4-6-16(15)20(25-17)8-10-22(11-9-20)18(23)14-7-12-26-13-14/h3-7,12-13,17H,8-11H2,1-2H3/t17-/m0/s1. The van der Waals surface area contributed by atoms with Crippen LogP contribution in [0, 0.1) is 0 Å². The van der Waals surface area contributed by atoms with E-state index in [0.29, 0.717) is 25.9 Å². The Kier molecular flexibility index (Phi) is 4.32. The third-order valence-corrected chi connectivity index (χ3v) is 6.05. The van der Waals surface area contributed by atoms with Crippen molar-refractivity contribution in [3.63, 3.8) is 0 Å². The van der Waals surface area contributed by atoms with Gasteiger partial charge in [0.05, 0.1) is 11.2 Å². The number of rotatable bonds is 2. The minimum Gasteiger partial charge on any atom is -0.352 e. The topological polar surface area (TPSA) is 49.9 Å². The van der Waals surface area contributed by atoms with E-state index in [1.807, 2.05) is 39.9 Å². The second-order valence-electron chi connectivity index (χ2n) is 7.12. The fraction of sp³-hybridized carbons (Fsp3) is 0.400. The molecule has 1 saturated heterocycles. The molecule has 3 heterocycles. The number of carbonyl (C=O) groups is 2. The minimum absolute atomic E-state index is 0.0360. The maximum atomic E-state index is 12.6. The highest BCUT2D eigenvalue weighted by molar-refractivity contribution is 7.08. The van der Waals surface area contributed by atoms with E-state index in [1.165, 1.54) is 11.3 Å². The zero-order valence-corrected chi connectivity index (χ0v) is 15.8. The highest BCUT2D eigenvalue weighted by atomic mass is 32.1. The van der Waals surface area contributed by atoms with Gasteiger partial charge < -0.3 is 14.5 Å². The molecule has 0 unspecified atom stereocenters. The molecular weight excluding hydrogens is 348 g/mol. The molecule has 26 heavy (non-hydrogen) atoms. The zero-order valence-electron chi connectivity index (χ0n) is 15.0. The molecule has 0 N–H and O–H groups in total. The van der Waals surface area contributed by atoms with Gasteiger partial charge in [-0.2, -0.15) is 11.3 Å². The summed E-state index contributed by atoms with van der Waals surface area (Å²) in [7, 11) is 3.50. The number of likely N-dealkylation sites (tertiary alicyclic amines) is 1. The van der Waals surface area contributed by atoms with Crippen LogP contribution in [0.5, 0.6) is 0 Å². The quantitative estimate of drug-likeness (QED) is 0.816. The summed E-state index contributed by atoms with van der Waals surface area (Å²) in [6, 6.07) is 9.86. The predicted molar refractivity (Wildman–Crippen MR) is 100 cm³/mol. The van der Waals surface area contributed by atoms with E-state index in [4.69, 9.17) is 4.74 Å². The van der Waals surface area contributed by atoms with Gasteiger partial charge in [0.2, 0.25) is 0 Å². The van der Waals surface area contributed by atoms with Crippen LogP contribution in [0.1, 0.15) is 40.4 Å². The van der Waals surface area contributed by atoms with Gasteiger partial charge in [-0.15, -0.1) is 0 Å². The summed E-state index contributed by atoms with van der Waals surface area (Å²) in [6.07, 6.45) is 0.856. The van der Waals surface area contributed by atoms with Crippen molar-refractivity contribution in [2.75, 3.05) is 27.2 Å². The van der Waals surface area contributed by atoms with Gasteiger partial charge in [0.25, 0.3) is 11.8 Å². The normalized spacial score (nSPS) is 20.8. The van der Waals surface area contributed by atoms with Gasteiger partial charge in [0, 0.05) is 32.6 Å². The molecule has 136 valence electrons. The molecule has 0 radical (unpaired) electrons. The molecule has 2 aliphatic rings. The maximum absolute atomic E-state index is 12.6. The van der Waals surface area contributed by atoms with Crippen molar-refractivity contribution >= 4 is 23.2 Å². The van der Waals surface area contributed by atoms with Gasteiger partial charge in [0.15, 0.2) is 6.10 Å². The van der Waals surface area contributed by atoms with E-state index >= 15 is 0 Å². The Morgan fingerprint density at radius 2 is 1.92 bits per heavy atom. The van der Waals surface area contributed by atoms with Crippen LogP contribution in [0.25, 0.3) is 0 Å². The van der Waals surface area contributed by atoms with Gasteiger partial charge in [-0.1, -0.05) is 24.3 Å². The molecule has 1 fully saturated rings. The first-order chi connectivity index (χ1) is 12.5. The smallest absolute Gasteiger partial charge is 0.255 e. The van der Waals surface area contributed by atoms with E-state index in [9.17, 15) is 9.59 Å². The minimum atomic E-state index is -0.555. The van der Waals surface area contributed by atoms with Crippen LogP contribution >= 0.6 is 11.3 Å². The van der Waals surface area contributed by atoms with E-state index in [1.54, 1.807) is 19.0 Å². The summed E-state index contributed by atoms with van der Waals surface area (Å²) in [6.45, 7) is 1.26. The maximum Gasteiger partial charge on any atom is 0.255 e. The number of amides is 2. The lowest BCUT2D eigenvalue weighted by atomic mass is 9.83. The molecule has 2 aliphatic heterocycles. The first kappa shape index (κ1) is 17.2. The van der Waals surface area contributed by atoms with Crippen molar-refractivity contribution in [1.29, 1.82) is 0 Å². The molecule has 0 bridgehead atoms. The second-order valence-corrected chi connectivity index (χ2v) is 7.90. The van der Waals surface area contributed by atoms with Gasteiger partial charge in [0.1, 0.15) is 0 Å². The lowest BCUT2D eigenvalue weighted by Gasteiger charge is -2.39. The molecule has 0 saturated carbocycles. The van der Waals surface area contributed by atoms with Crippen molar-refractivity contribution in [2.24, 2.45) is 0 Å². The first-order valence-electron chi connectivity index (χ1n) is 8.82. The molecular formula is C20H22N2O3S. The molecule has 6 heteroatoms. The van der Waals surface area contributed by atoms with Crippen molar-refractivity contribution in [2.45, 2.75) is 24.5 Å². The van der Waals surface area contributed by atoms with Crippen molar-refractivity contribution in [3.05, 3.63) is 57.8 Å². The number of benzene rings is 1. The largest absolute Gasteiger partial charge is 0.352 e. The number of fused-ring (bicyclic) bond motifs is 2. The third kappa shape index (κ3) is 2.73. The fourth-order valence-electron chi connectivity index (χ4n) is 3.94. The van der Waals surface area contributed by atoms with E-state index in [0.717, 1.165) is 16.7 Å². The average molecular weight is 370 g/mol. The number of hydrogen-bond donors (Lipinski definition) is 0. The first-order valence-corrected chi connectivity index (χ1v) is 9.76.